The first-order valence-corrected chi connectivity index (χ1v) is 10.1. The van der Waals surface area contributed by atoms with Crippen LogP contribution >= 0.6 is 15.9 Å². The lowest BCUT2D eigenvalue weighted by Crippen LogP contribution is -2.35. The Morgan fingerprint density at radius 3 is 2.82 bits per heavy atom. The first-order chi connectivity index (χ1) is 13.7. The number of benzene rings is 2. The summed E-state index contributed by atoms with van der Waals surface area (Å²) in [4.78, 5) is 22.6. The van der Waals surface area contributed by atoms with Crippen molar-refractivity contribution in [3.8, 4) is 0 Å². The Balaban J connectivity index is 1.36. The number of H-pyrrole nitrogens is 1. The molecule has 0 radical (unpaired) electrons. The predicted octanol–water partition coefficient (Wildman–Crippen LogP) is 4.37. The number of halogens is 1. The molecular formula is C22H19BrN4O. The van der Waals surface area contributed by atoms with Crippen molar-refractivity contribution in [3.63, 3.8) is 0 Å². The van der Waals surface area contributed by atoms with Gasteiger partial charge in [-0.2, -0.15) is 0 Å². The lowest BCUT2D eigenvalue weighted by molar-refractivity contribution is 0.0735. The Hall–Kier alpha value is -2.86. The highest BCUT2D eigenvalue weighted by Gasteiger charge is 2.24. The molecule has 4 aromatic rings. The molecule has 1 amide bonds. The van der Waals surface area contributed by atoms with Crippen molar-refractivity contribution < 1.29 is 4.79 Å². The summed E-state index contributed by atoms with van der Waals surface area (Å²) < 4.78 is 3.07. The number of nitrogens with zero attached hydrogens (tertiary/aromatic N) is 3. The maximum atomic E-state index is 13.1. The fraction of sp³-hybridized carbons (Fsp3) is 0.182. The van der Waals surface area contributed by atoms with E-state index in [0.717, 1.165) is 40.6 Å². The number of carbonyl (C=O) groups excluding carboxylic acids is 1. The first-order valence-electron chi connectivity index (χ1n) is 9.30. The summed E-state index contributed by atoms with van der Waals surface area (Å²) in [7, 11) is 0. The van der Waals surface area contributed by atoms with Gasteiger partial charge in [-0.1, -0.05) is 28.1 Å². The van der Waals surface area contributed by atoms with Gasteiger partial charge in [-0.25, -0.2) is 4.98 Å². The second-order valence-corrected chi connectivity index (χ2v) is 8.10. The van der Waals surface area contributed by atoms with Crippen LogP contribution in [-0.4, -0.2) is 31.9 Å². The molecule has 0 unspecified atom stereocenters. The van der Waals surface area contributed by atoms with Crippen molar-refractivity contribution >= 4 is 32.7 Å². The zero-order valence-corrected chi connectivity index (χ0v) is 16.8. The largest absolute Gasteiger partial charge is 0.358 e. The molecule has 0 bridgehead atoms. The zero-order chi connectivity index (χ0) is 19.1. The minimum atomic E-state index is 0.0872. The molecule has 0 spiro atoms. The summed E-state index contributed by atoms with van der Waals surface area (Å²) in [6, 6.07) is 14.1. The molecule has 1 aliphatic heterocycles. The Bertz CT molecular complexity index is 1150. The average molecular weight is 435 g/mol. The molecule has 2 aromatic carbocycles. The van der Waals surface area contributed by atoms with Gasteiger partial charge in [-0.15, -0.1) is 0 Å². The van der Waals surface area contributed by atoms with E-state index in [1.54, 1.807) is 12.5 Å². The predicted molar refractivity (Wildman–Crippen MR) is 112 cm³/mol. The molecule has 28 heavy (non-hydrogen) atoms. The van der Waals surface area contributed by atoms with E-state index in [4.69, 9.17) is 0 Å². The van der Waals surface area contributed by atoms with Crippen LogP contribution < -0.4 is 0 Å². The molecule has 0 saturated carbocycles. The van der Waals surface area contributed by atoms with Gasteiger partial charge >= 0.3 is 0 Å². The van der Waals surface area contributed by atoms with E-state index in [2.05, 4.69) is 38.0 Å². The van der Waals surface area contributed by atoms with Gasteiger partial charge in [0.05, 0.1) is 6.33 Å². The second kappa shape index (κ2) is 6.95. The molecule has 0 saturated heterocycles. The molecule has 1 aliphatic rings. The highest BCUT2D eigenvalue weighted by atomic mass is 79.9. The normalized spacial score (nSPS) is 13.7. The van der Waals surface area contributed by atoms with Crippen LogP contribution in [0.2, 0.25) is 0 Å². The van der Waals surface area contributed by atoms with E-state index in [-0.39, 0.29) is 5.91 Å². The zero-order valence-electron chi connectivity index (χ0n) is 15.2. The van der Waals surface area contributed by atoms with Crippen molar-refractivity contribution in [1.29, 1.82) is 0 Å². The third kappa shape index (κ3) is 3.14. The Morgan fingerprint density at radius 2 is 2.04 bits per heavy atom. The van der Waals surface area contributed by atoms with Gasteiger partial charge in [-0.3, -0.25) is 4.79 Å². The van der Waals surface area contributed by atoms with Crippen molar-refractivity contribution in [1.82, 2.24) is 19.4 Å². The maximum absolute atomic E-state index is 13.1. The van der Waals surface area contributed by atoms with E-state index in [0.29, 0.717) is 6.54 Å². The number of rotatable bonds is 3. The van der Waals surface area contributed by atoms with Gasteiger partial charge in [0.2, 0.25) is 0 Å². The maximum Gasteiger partial charge on any atom is 0.254 e. The number of aromatic nitrogens is 3. The average Bonchev–Trinajstić information content (AvgIpc) is 3.35. The van der Waals surface area contributed by atoms with Crippen LogP contribution in [0.15, 0.2) is 65.7 Å². The number of aromatic amines is 1. The molecule has 1 N–H and O–H groups in total. The topological polar surface area (TPSA) is 53.9 Å². The highest BCUT2D eigenvalue weighted by molar-refractivity contribution is 9.10. The van der Waals surface area contributed by atoms with Crippen LogP contribution in [0.4, 0.5) is 0 Å². The first kappa shape index (κ1) is 17.3. The number of nitrogens with one attached hydrogen (secondary N) is 1. The number of fused-ring (bicyclic) bond motifs is 3. The summed E-state index contributed by atoms with van der Waals surface area (Å²) in [6.07, 6.45) is 6.35. The Labute approximate surface area is 171 Å². The molecule has 2 aromatic heterocycles. The quantitative estimate of drug-likeness (QED) is 0.520. The van der Waals surface area contributed by atoms with Crippen LogP contribution in [0, 0.1) is 0 Å². The molecule has 5 nitrogen and oxygen atoms in total. The van der Waals surface area contributed by atoms with Crippen molar-refractivity contribution in [2.75, 3.05) is 6.54 Å². The van der Waals surface area contributed by atoms with E-state index >= 15 is 0 Å². The molecule has 0 atom stereocenters. The second-order valence-electron chi connectivity index (χ2n) is 7.18. The number of hydrogen-bond acceptors (Lipinski definition) is 2. The third-order valence-electron chi connectivity index (χ3n) is 5.35. The molecule has 3 heterocycles. The SMILES string of the molecule is O=C(c1ccc(Cn2ccnc2)cc1)N1CCc2[nH]c3ccc(Br)cc3c2C1. The molecular weight excluding hydrogens is 416 g/mol. The van der Waals surface area contributed by atoms with Gasteiger partial charge in [0.1, 0.15) is 0 Å². The lowest BCUT2D eigenvalue weighted by atomic mass is 10.0. The van der Waals surface area contributed by atoms with E-state index in [9.17, 15) is 4.79 Å². The summed E-state index contributed by atoms with van der Waals surface area (Å²) in [6.45, 7) is 2.13. The number of hydrogen-bond donors (Lipinski definition) is 1. The van der Waals surface area contributed by atoms with Gasteiger partial charge in [-0.05, 0) is 35.9 Å². The van der Waals surface area contributed by atoms with E-state index in [1.807, 2.05) is 46.0 Å². The van der Waals surface area contributed by atoms with Crippen LogP contribution in [-0.2, 0) is 19.5 Å². The summed E-state index contributed by atoms with van der Waals surface area (Å²) in [5.41, 5.74) is 5.49. The minimum absolute atomic E-state index is 0.0872. The standard InChI is InChI=1S/C22H19BrN4O/c23-17-5-6-20-18(11-17)19-13-27(9-7-21(19)25-20)22(28)16-3-1-15(2-4-16)12-26-10-8-24-14-26/h1-6,8,10-11,14,25H,7,9,12-13H2. The molecule has 6 heteroatoms. The number of amides is 1. The number of imidazole rings is 1. The van der Waals surface area contributed by atoms with Crippen molar-refractivity contribution in [2.45, 2.75) is 19.5 Å². The van der Waals surface area contributed by atoms with Gasteiger partial charge in [0.25, 0.3) is 5.91 Å². The highest BCUT2D eigenvalue weighted by Crippen LogP contribution is 2.30. The van der Waals surface area contributed by atoms with Crippen LogP contribution in [0.1, 0.15) is 27.2 Å². The molecule has 140 valence electrons. The van der Waals surface area contributed by atoms with Crippen LogP contribution in [0.3, 0.4) is 0 Å². The summed E-state index contributed by atoms with van der Waals surface area (Å²) >= 11 is 3.55. The van der Waals surface area contributed by atoms with Gasteiger partial charge in [0, 0.05) is 70.6 Å². The molecule has 5 rings (SSSR count). The van der Waals surface area contributed by atoms with E-state index in [1.165, 1.54) is 16.6 Å². The smallest absolute Gasteiger partial charge is 0.254 e. The Kier molecular flexibility index (Phi) is 4.28. The summed E-state index contributed by atoms with van der Waals surface area (Å²) in [5, 5.41) is 1.19. The lowest BCUT2D eigenvalue weighted by Gasteiger charge is -2.27. The molecule has 0 fully saturated rings. The third-order valence-corrected chi connectivity index (χ3v) is 5.84. The van der Waals surface area contributed by atoms with Crippen LogP contribution in [0.5, 0.6) is 0 Å². The minimum Gasteiger partial charge on any atom is -0.358 e. The van der Waals surface area contributed by atoms with Gasteiger partial charge in [0.15, 0.2) is 0 Å². The fourth-order valence-corrected chi connectivity index (χ4v) is 4.25. The monoisotopic (exact) mass is 434 g/mol. The van der Waals surface area contributed by atoms with Crippen molar-refractivity contribution in [2.24, 2.45) is 0 Å². The van der Waals surface area contributed by atoms with E-state index < -0.39 is 0 Å². The molecule has 0 aliphatic carbocycles. The van der Waals surface area contributed by atoms with Crippen molar-refractivity contribution in [3.05, 3.63) is 88.0 Å². The fourth-order valence-electron chi connectivity index (χ4n) is 3.89. The Morgan fingerprint density at radius 1 is 1.18 bits per heavy atom. The summed E-state index contributed by atoms with van der Waals surface area (Å²) in [5.74, 6) is 0.0872. The van der Waals surface area contributed by atoms with Gasteiger partial charge < -0.3 is 14.5 Å². The van der Waals surface area contributed by atoms with Crippen LogP contribution in [0.25, 0.3) is 10.9 Å². The number of carbonyl (C=O) groups is 1.